The van der Waals surface area contributed by atoms with Crippen LogP contribution in [0.4, 0.5) is 0 Å². The van der Waals surface area contributed by atoms with Crippen LogP contribution in [-0.4, -0.2) is 65.7 Å². The number of rotatable bonds is 5. The van der Waals surface area contributed by atoms with E-state index in [2.05, 4.69) is 24.9 Å². The van der Waals surface area contributed by atoms with Crippen molar-refractivity contribution in [3.8, 4) is 11.4 Å². The highest BCUT2D eigenvalue weighted by atomic mass is 35.5. The van der Waals surface area contributed by atoms with Gasteiger partial charge in [-0.2, -0.15) is 4.98 Å². The van der Waals surface area contributed by atoms with Gasteiger partial charge in [-0.1, -0.05) is 28.9 Å². The van der Waals surface area contributed by atoms with E-state index in [-0.39, 0.29) is 11.5 Å². The van der Waals surface area contributed by atoms with E-state index >= 15 is 0 Å². The largest absolute Gasteiger partial charge is 0.345 e. The zero-order chi connectivity index (χ0) is 21.4. The first-order valence-corrected chi connectivity index (χ1v) is 12.9. The molecule has 166 valence electrons. The molecule has 1 N–H and O–H groups in total. The van der Waals surface area contributed by atoms with Crippen LogP contribution in [-0.2, 0) is 22.9 Å². The molecule has 0 atom stereocenters. The normalized spacial score (nSPS) is 20.4. The molecule has 3 aromatic rings. The number of sulfone groups is 1. The number of para-hydroxylation sites is 1. The molecule has 2 saturated heterocycles. The molecular formula is C21H26ClN5O3S. The first-order valence-electron chi connectivity index (χ1n) is 10.7. The average Bonchev–Trinajstić information content (AvgIpc) is 3.36. The Morgan fingerprint density at radius 3 is 2.74 bits per heavy atom. The number of hydrogen-bond acceptors (Lipinski definition) is 7. The van der Waals surface area contributed by atoms with Gasteiger partial charge in [0.1, 0.15) is 9.84 Å². The maximum Gasteiger partial charge on any atom is 0.241 e. The molecule has 0 spiro atoms. The number of aromatic nitrogens is 3. The van der Waals surface area contributed by atoms with Crippen LogP contribution in [0.2, 0.25) is 5.02 Å². The van der Waals surface area contributed by atoms with Crippen LogP contribution >= 0.6 is 11.6 Å². The van der Waals surface area contributed by atoms with Crippen LogP contribution < -0.4 is 5.32 Å². The average molecular weight is 464 g/mol. The Morgan fingerprint density at radius 1 is 1.19 bits per heavy atom. The minimum Gasteiger partial charge on any atom is -0.345 e. The molecule has 31 heavy (non-hydrogen) atoms. The lowest BCUT2D eigenvalue weighted by Crippen LogP contribution is -2.42. The molecule has 0 unspecified atom stereocenters. The lowest BCUT2D eigenvalue weighted by Gasteiger charge is -2.25. The summed E-state index contributed by atoms with van der Waals surface area (Å²) >= 11 is 6.57. The molecule has 2 aromatic heterocycles. The molecular weight excluding hydrogens is 438 g/mol. The molecule has 2 aliphatic rings. The Kier molecular flexibility index (Phi) is 5.76. The monoisotopic (exact) mass is 463 g/mol. The van der Waals surface area contributed by atoms with Crippen LogP contribution in [0, 0.1) is 5.92 Å². The Balaban J connectivity index is 1.42. The van der Waals surface area contributed by atoms with E-state index in [0.717, 1.165) is 49.2 Å². The first kappa shape index (κ1) is 20.9. The molecule has 4 heterocycles. The van der Waals surface area contributed by atoms with Gasteiger partial charge in [-0.05, 0) is 24.8 Å². The summed E-state index contributed by atoms with van der Waals surface area (Å²) < 4.78 is 31.3. The minimum atomic E-state index is -2.88. The molecule has 0 saturated carbocycles. The summed E-state index contributed by atoms with van der Waals surface area (Å²) in [4.78, 5) is 6.95. The lowest BCUT2D eigenvalue weighted by molar-refractivity contribution is 0.203. The van der Waals surface area contributed by atoms with Crippen LogP contribution in [0.1, 0.15) is 18.7 Å². The second kappa shape index (κ2) is 8.54. The van der Waals surface area contributed by atoms with Gasteiger partial charge in [0, 0.05) is 49.9 Å². The number of halogens is 1. The molecule has 8 nitrogen and oxygen atoms in total. The highest BCUT2D eigenvalue weighted by Crippen LogP contribution is 2.34. The molecule has 2 aliphatic heterocycles. The number of fused-ring (bicyclic) bond motifs is 1. The predicted octanol–water partition coefficient (Wildman–Crippen LogP) is 2.57. The van der Waals surface area contributed by atoms with E-state index in [1.165, 1.54) is 0 Å². The maximum atomic E-state index is 11.8. The highest BCUT2D eigenvalue weighted by molar-refractivity contribution is 7.91. The van der Waals surface area contributed by atoms with Gasteiger partial charge in [0.15, 0.2) is 0 Å². The van der Waals surface area contributed by atoms with Gasteiger partial charge in [-0.3, -0.25) is 4.90 Å². The Labute approximate surface area is 186 Å². The lowest BCUT2D eigenvalue weighted by atomic mass is 10.0. The van der Waals surface area contributed by atoms with Crippen molar-refractivity contribution in [3.63, 3.8) is 0 Å². The van der Waals surface area contributed by atoms with Crippen molar-refractivity contribution in [2.45, 2.75) is 25.9 Å². The van der Waals surface area contributed by atoms with Gasteiger partial charge in [0.05, 0.1) is 28.6 Å². The second-order valence-electron chi connectivity index (χ2n) is 8.46. The molecule has 0 amide bonds. The Morgan fingerprint density at radius 2 is 1.97 bits per heavy atom. The molecule has 0 bridgehead atoms. The Bertz CT molecular complexity index is 1170. The van der Waals surface area contributed by atoms with Gasteiger partial charge in [0.25, 0.3) is 0 Å². The molecule has 2 fully saturated rings. The van der Waals surface area contributed by atoms with Crippen molar-refractivity contribution in [2.75, 3.05) is 37.7 Å². The highest BCUT2D eigenvalue weighted by Gasteiger charge is 2.25. The minimum absolute atomic E-state index is 0.262. The second-order valence-corrected chi connectivity index (χ2v) is 11.2. The molecule has 0 aliphatic carbocycles. The number of nitrogens with one attached hydrogen (secondary N) is 1. The number of nitrogens with zero attached hydrogens (tertiary/aromatic N) is 4. The number of benzene rings is 1. The van der Waals surface area contributed by atoms with Gasteiger partial charge in [-0.15, -0.1) is 0 Å². The summed E-state index contributed by atoms with van der Waals surface area (Å²) in [5.74, 6) is 1.99. The van der Waals surface area contributed by atoms with E-state index in [1.54, 1.807) is 0 Å². The van der Waals surface area contributed by atoms with Crippen molar-refractivity contribution in [1.29, 1.82) is 0 Å². The van der Waals surface area contributed by atoms with E-state index in [9.17, 15) is 8.42 Å². The molecule has 10 heteroatoms. The zero-order valence-corrected chi connectivity index (χ0v) is 18.8. The summed E-state index contributed by atoms with van der Waals surface area (Å²) in [6.45, 7) is 5.23. The van der Waals surface area contributed by atoms with E-state index in [4.69, 9.17) is 16.1 Å². The van der Waals surface area contributed by atoms with Gasteiger partial charge in [-0.25, -0.2) is 8.42 Å². The topological polar surface area (TPSA) is 93.3 Å². The quantitative estimate of drug-likeness (QED) is 0.621. The molecule has 1 aromatic carbocycles. The summed E-state index contributed by atoms with van der Waals surface area (Å²) in [6, 6.07) is 5.82. The standard InChI is InChI=1S/C21H26ClN5O3S/c22-18-3-1-2-16-17(21-24-19(30-25-21)14-26-8-6-23-7-9-26)13-27(20(16)18)12-15-4-10-31(28,29)11-5-15/h1-3,13,15,23H,4-12,14H2. The van der Waals surface area contributed by atoms with Crippen molar-refractivity contribution in [1.82, 2.24) is 24.9 Å². The summed E-state index contributed by atoms with van der Waals surface area (Å²) in [5, 5.41) is 9.23. The molecule has 5 rings (SSSR count). The van der Waals surface area contributed by atoms with E-state index in [0.29, 0.717) is 42.0 Å². The number of hydrogen-bond donors (Lipinski definition) is 1. The maximum absolute atomic E-state index is 11.8. The predicted molar refractivity (Wildman–Crippen MR) is 120 cm³/mol. The molecule has 0 radical (unpaired) electrons. The first-order chi connectivity index (χ1) is 15.0. The fraction of sp³-hybridized carbons (Fsp3) is 0.524. The van der Waals surface area contributed by atoms with Crippen molar-refractivity contribution in [3.05, 3.63) is 35.3 Å². The van der Waals surface area contributed by atoms with Crippen molar-refractivity contribution >= 4 is 32.3 Å². The zero-order valence-electron chi connectivity index (χ0n) is 17.3. The summed E-state index contributed by atoms with van der Waals surface area (Å²) in [6.07, 6.45) is 3.39. The fourth-order valence-electron chi connectivity index (χ4n) is 4.53. The van der Waals surface area contributed by atoms with Crippen LogP contribution in [0.25, 0.3) is 22.3 Å². The Hall–Kier alpha value is -1.94. The van der Waals surface area contributed by atoms with Crippen molar-refractivity contribution in [2.24, 2.45) is 5.92 Å². The third-order valence-electron chi connectivity index (χ3n) is 6.26. The third kappa shape index (κ3) is 4.50. The van der Waals surface area contributed by atoms with Crippen LogP contribution in [0.3, 0.4) is 0 Å². The van der Waals surface area contributed by atoms with Gasteiger partial charge >= 0.3 is 0 Å². The van der Waals surface area contributed by atoms with E-state index in [1.807, 2.05) is 24.4 Å². The van der Waals surface area contributed by atoms with Gasteiger partial charge < -0.3 is 14.4 Å². The summed E-state index contributed by atoms with van der Waals surface area (Å²) in [5.41, 5.74) is 1.82. The summed E-state index contributed by atoms with van der Waals surface area (Å²) in [7, 11) is -2.88. The smallest absolute Gasteiger partial charge is 0.241 e. The van der Waals surface area contributed by atoms with Crippen LogP contribution in [0.15, 0.2) is 28.9 Å². The third-order valence-corrected chi connectivity index (χ3v) is 8.28. The van der Waals surface area contributed by atoms with E-state index < -0.39 is 9.84 Å². The number of piperazine rings is 1. The van der Waals surface area contributed by atoms with Crippen molar-refractivity contribution < 1.29 is 12.9 Å². The fourth-order valence-corrected chi connectivity index (χ4v) is 6.40. The van der Waals surface area contributed by atoms with Crippen LogP contribution in [0.5, 0.6) is 0 Å². The van der Waals surface area contributed by atoms with Gasteiger partial charge in [0.2, 0.25) is 11.7 Å². The SMILES string of the molecule is O=S1(=O)CCC(Cn2cc(-c3noc(CN4CCNCC4)n3)c3cccc(Cl)c32)CC1.